The Kier molecular flexibility index (Phi) is 6.24. The number of hydrogen-bond donors (Lipinski definition) is 1. The second-order valence-electron chi connectivity index (χ2n) is 6.12. The van der Waals surface area contributed by atoms with Crippen LogP contribution in [-0.4, -0.2) is 18.3 Å². The van der Waals surface area contributed by atoms with Crippen molar-refractivity contribution in [3.05, 3.63) is 89.8 Å². The van der Waals surface area contributed by atoms with Gasteiger partial charge in [-0.3, -0.25) is 5.43 Å². The van der Waals surface area contributed by atoms with E-state index in [0.29, 0.717) is 0 Å². The van der Waals surface area contributed by atoms with E-state index in [4.69, 9.17) is 4.74 Å². The number of rotatable bonds is 7. The normalized spacial score (nSPS) is 10.9. The number of hydrazone groups is 1. The largest absolute Gasteiger partial charge is 0.497 e. The van der Waals surface area contributed by atoms with Crippen molar-refractivity contribution in [2.45, 2.75) is 9.79 Å². The van der Waals surface area contributed by atoms with Gasteiger partial charge in [0, 0.05) is 20.7 Å². The predicted octanol–water partition coefficient (Wildman–Crippen LogP) is 6.42. The molecule has 3 aromatic carbocycles. The maximum atomic E-state index is 5.22. The number of benzene rings is 3. The van der Waals surface area contributed by atoms with E-state index < -0.39 is 0 Å². The van der Waals surface area contributed by atoms with Crippen molar-refractivity contribution in [3.8, 4) is 17.0 Å². The number of ether oxygens (including phenoxy) is 1. The Morgan fingerprint density at radius 2 is 1.76 bits per heavy atom. The van der Waals surface area contributed by atoms with E-state index in [9.17, 15) is 0 Å². The molecular formula is C23H19N3OS2. The number of aromatic nitrogens is 1. The van der Waals surface area contributed by atoms with Gasteiger partial charge in [0.1, 0.15) is 5.75 Å². The van der Waals surface area contributed by atoms with E-state index in [1.54, 1.807) is 25.1 Å². The average Bonchev–Trinajstić information content (AvgIpc) is 3.24. The molecule has 1 N–H and O–H groups in total. The molecule has 4 aromatic rings. The molecule has 0 unspecified atom stereocenters. The summed E-state index contributed by atoms with van der Waals surface area (Å²) in [5.74, 6) is 0.805. The summed E-state index contributed by atoms with van der Waals surface area (Å²) in [4.78, 5) is 7.06. The van der Waals surface area contributed by atoms with Gasteiger partial charge in [-0.2, -0.15) is 5.10 Å². The number of hydrogen-bond acceptors (Lipinski definition) is 6. The molecule has 1 heterocycles. The number of thiazole rings is 1. The lowest BCUT2D eigenvalue weighted by molar-refractivity contribution is 0.415. The highest BCUT2D eigenvalue weighted by Gasteiger charge is 2.05. The fraction of sp³-hybridized carbons (Fsp3) is 0.0435. The van der Waals surface area contributed by atoms with Gasteiger partial charge < -0.3 is 4.74 Å². The first-order valence-corrected chi connectivity index (χ1v) is 10.7. The average molecular weight is 418 g/mol. The minimum absolute atomic E-state index is 0.752. The summed E-state index contributed by atoms with van der Waals surface area (Å²) in [5, 5.41) is 7.05. The lowest BCUT2D eigenvalue weighted by atomic mass is 10.2. The van der Waals surface area contributed by atoms with Gasteiger partial charge in [0.25, 0.3) is 0 Å². The molecule has 4 rings (SSSR count). The molecule has 29 heavy (non-hydrogen) atoms. The molecule has 0 saturated heterocycles. The molecular weight excluding hydrogens is 398 g/mol. The van der Waals surface area contributed by atoms with Crippen LogP contribution >= 0.6 is 23.1 Å². The van der Waals surface area contributed by atoms with Crippen LogP contribution in [0.15, 0.2) is 99.1 Å². The lowest BCUT2D eigenvalue weighted by Crippen LogP contribution is -1.91. The summed E-state index contributed by atoms with van der Waals surface area (Å²) < 4.78 is 5.22. The van der Waals surface area contributed by atoms with E-state index in [1.165, 1.54) is 21.1 Å². The van der Waals surface area contributed by atoms with Crippen LogP contribution in [0, 0.1) is 0 Å². The third-order valence-electron chi connectivity index (χ3n) is 4.10. The SMILES string of the molecule is COc1cccc(/C=N/Nc2nc(-c3ccc(Sc4ccccc4)cc3)cs2)c1. The molecule has 144 valence electrons. The van der Waals surface area contributed by atoms with Gasteiger partial charge >= 0.3 is 0 Å². The van der Waals surface area contributed by atoms with Crippen molar-refractivity contribution in [3.63, 3.8) is 0 Å². The first kappa shape index (κ1) is 19.2. The quantitative estimate of drug-likeness (QED) is 0.278. The zero-order valence-corrected chi connectivity index (χ0v) is 17.4. The Balaban J connectivity index is 1.39. The van der Waals surface area contributed by atoms with Crippen LogP contribution < -0.4 is 10.2 Å². The van der Waals surface area contributed by atoms with Crippen LogP contribution in [0.5, 0.6) is 5.75 Å². The van der Waals surface area contributed by atoms with Crippen molar-refractivity contribution >= 4 is 34.4 Å². The monoisotopic (exact) mass is 417 g/mol. The topological polar surface area (TPSA) is 46.5 Å². The maximum Gasteiger partial charge on any atom is 0.203 e. The fourth-order valence-corrected chi connectivity index (χ4v) is 4.17. The summed E-state index contributed by atoms with van der Waals surface area (Å²) in [5.41, 5.74) is 5.98. The molecule has 0 atom stereocenters. The van der Waals surface area contributed by atoms with Crippen LogP contribution in [0.1, 0.15) is 5.56 Å². The minimum atomic E-state index is 0.752. The van der Waals surface area contributed by atoms with Gasteiger partial charge in [-0.25, -0.2) is 4.98 Å². The molecule has 0 aliphatic heterocycles. The summed E-state index contributed by atoms with van der Waals surface area (Å²) in [6, 6.07) is 26.5. The Morgan fingerprint density at radius 3 is 2.55 bits per heavy atom. The summed E-state index contributed by atoms with van der Waals surface area (Å²) in [6.07, 6.45) is 1.75. The van der Waals surface area contributed by atoms with Crippen molar-refractivity contribution in [2.24, 2.45) is 5.10 Å². The highest BCUT2D eigenvalue weighted by atomic mass is 32.2. The highest BCUT2D eigenvalue weighted by Crippen LogP contribution is 2.30. The van der Waals surface area contributed by atoms with Crippen LogP contribution in [0.25, 0.3) is 11.3 Å². The number of anilines is 1. The zero-order chi connectivity index (χ0) is 19.9. The Morgan fingerprint density at radius 1 is 0.966 bits per heavy atom. The highest BCUT2D eigenvalue weighted by molar-refractivity contribution is 7.99. The summed E-state index contributed by atoms with van der Waals surface area (Å²) >= 11 is 3.28. The van der Waals surface area contributed by atoms with Crippen LogP contribution in [-0.2, 0) is 0 Å². The van der Waals surface area contributed by atoms with E-state index in [-0.39, 0.29) is 0 Å². The standard InChI is InChI=1S/C23H19N3OS2/c1-27-19-7-5-6-17(14-19)15-24-26-23-25-22(16-28-23)18-10-12-21(13-11-18)29-20-8-3-2-4-9-20/h2-16H,1H3,(H,25,26)/b24-15+. The second kappa shape index (κ2) is 9.41. The smallest absolute Gasteiger partial charge is 0.203 e. The molecule has 4 nitrogen and oxygen atoms in total. The van der Waals surface area contributed by atoms with Gasteiger partial charge in [-0.1, -0.05) is 54.2 Å². The van der Waals surface area contributed by atoms with E-state index in [1.807, 2.05) is 35.7 Å². The first-order valence-electron chi connectivity index (χ1n) is 9.02. The molecule has 0 fully saturated rings. The van der Waals surface area contributed by atoms with Crippen LogP contribution in [0.4, 0.5) is 5.13 Å². The Hall–Kier alpha value is -3.09. The van der Waals surface area contributed by atoms with Crippen molar-refractivity contribution in [2.75, 3.05) is 12.5 Å². The lowest BCUT2D eigenvalue weighted by Gasteiger charge is -2.02. The van der Waals surface area contributed by atoms with Crippen LogP contribution in [0.3, 0.4) is 0 Å². The Bertz CT molecular complexity index is 1090. The molecule has 0 radical (unpaired) electrons. The molecule has 6 heteroatoms. The second-order valence-corrected chi connectivity index (χ2v) is 8.13. The predicted molar refractivity (Wildman–Crippen MR) is 122 cm³/mol. The van der Waals surface area contributed by atoms with E-state index in [2.05, 4.69) is 64.0 Å². The number of methoxy groups -OCH3 is 1. The van der Waals surface area contributed by atoms with Crippen molar-refractivity contribution < 1.29 is 4.74 Å². The van der Waals surface area contributed by atoms with Gasteiger partial charge in [-0.05, 0) is 42.0 Å². The maximum absolute atomic E-state index is 5.22. The van der Waals surface area contributed by atoms with Gasteiger partial charge in [0.2, 0.25) is 5.13 Å². The molecule has 0 amide bonds. The molecule has 0 bridgehead atoms. The zero-order valence-electron chi connectivity index (χ0n) is 15.8. The van der Waals surface area contributed by atoms with E-state index >= 15 is 0 Å². The van der Waals surface area contributed by atoms with E-state index in [0.717, 1.165) is 27.7 Å². The molecule has 0 spiro atoms. The fourth-order valence-electron chi connectivity index (χ4n) is 2.66. The van der Waals surface area contributed by atoms with Crippen molar-refractivity contribution in [1.82, 2.24) is 4.98 Å². The van der Waals surface area contributed by atoms with Gasteiger partial charge in [-0.15, -0.1) is 11.3 Å². The van der Waals surface area contributed by atoms with Gasteiger partial charge in [0.05, 0.1) is 19.0 Å². The third-order valence-corrected chi connectivity index (χ3v) is 5.86. The first-order chi connectivity index (χ1) is 14.3. The van der Waals surface area contributed by atoms with Gasteiger partial charge in [0.15, 0.2) is 0 Å². The number of nitrogens with one attached hydrogen (secondary N) is 1. The number of nitrogens with zero attached hydrogens (tertiary/aromatic N) is 2. The molecule has 1 aromatic heterocycles. The third kappa shape index (κ3) is 5.25. The summed E-state index contributed by atoms with van der Waals surface area (Å²) in [6.45, 7) is 0. The molecule has 0 aliphatic rings. The molecule has 0 aliphatic carbocycles. The Labute approximate surface area is 178 Å². The van der Waals surface area contributed by atoms with Crippen molar-refractivity contribution in [1.29, 1.82) is 0 Å². The summed E-state index contributed by atoms with van der Waals surface area (Å²) in [7, 11) is 1.65. The molecule has 0 saturated carbocycles. The minimum Gasteiger partial charge on any atom is -0.497 e. The van der Waals surface area contributed by atoms with Crippen LogP contribution in [0.2, 0.25) is 0 Å².